The van der Waals surface area contributed by atoms with Crippen molar-refractivity contribution in [3.8, 4) is 0 Å². The number of aliphatic hydroxyl groups excluding tert-OH is 1. The molecule has 0 atom stereocenters. The molecule has 0 aliphatic carbocycles. The summed E-state index contributed by atoms with van der Waals surface area (Å²) in [5.41, 5.74) is 0. The molecule has 0 aromatic heterocycles. The summed E-state index contributed by atoms with van der Waals surface area (Å²) in [6.45, 7) is -1.02. The summed E-state index contributed by atoms with van der Waals surface area (Å²) < 4.78 is 104. The van der Waals surface area contributed by atoms with Crippen LogP contribution < -0.4 is 0 Å². The molecule has 0 heterocycles. The molecule has 21 heavy (non-hydrogen) atoms. The molecule has 0 aliphatic heterocycles. The zero-order valence-electron chi connectivity index (χ0n) is 11.2. The number of hydrogen-bond donors (Lipinski definition) is 1. The van der Waals surface area contributed by atoms with Crippen LogP contribution in [-0.4, -0.2) is 35.4 Å². The first kappa shape index (κ1) is 20.1. The molecule has 0 aromatic carbocycles. The predicted molar refractivity (Wildman–Crippen MR) is 60.2 cm³/mol. The highest BCUT2D eigenvalue weighted by Crippen LogP contribution is 2.53. The summed E-state index contributed by atoms with van der Waals surface area (Å²) in [4.78, 5) is 0. The molecule has 0 amide bonds. The first-order valence-corrected chi connectivity index (χ1v) is 6.10. The highest BCUT2D eigenvalue weighted by molar-refractivity contribution is 5.03. The number of unbranched alkanes of at least 4 members (excludes halogenated alkanes) is 2. The number of alkyl halides is 8. The van der Waals surface area contributed by atoms with E-state index < -0.39 is 43.1 Å². The number of hydrogen-bond acceptors (Lipinski definition) is 1. The van der Waals surface area contributed by atoms with Crippen LogP contribution in [0.3, 0.4) is 0 Å². The molecule has 0 radical (unpaired) electrons. The zero-order chi connectivity index (χ0) is 16.9. The van der Waals surface area contributed by atoms with Crippen LogP contribution in [0, 0.1) is 0 Å². The summed E-state index contributed by atoms with van der Waals surface area (Å²) in [7, 11) is 0. The van der Waals surface area contributed by atoms with Gasteiger partial charge in [-0.3, -0.25) is 0 Å². The molecule has 0 rings (SSSR count). The predicted octanol–water partition coefficient (Wildman–Crippen LogP) is 4.66. The molecule has 0 saturated carbocycles. The lowest BCUT2D eigenvalue weighted by Gasteiger charge is -2.36. The lowest BCUT2D eigenvalue weighted by molar-refractivity contribution is -0.371. The highest BCUT2D eigenvalue weighted by Gasteiger charge is 2.79. The SMILES string of the molecule is C/C=C/CCCCC(F)(F)C(F)(F)C(F)(F)C(F)(F)CO. The third-order valence-electron chi connectivity index (χ3n) is 2.86. The zero-order valence-corrected chi connectivity index (χ0v) is 11.2. The molecular weight excluding hydrogens is 312 g/mol. The fraction of sp³-hybridized carbons (Fsp3) is 0.833. The second-order valence-corrected chi connectivity index (χ2v) is 4.53. The minimum Gasteiger partial charge on any atom is -0.390 e. The Morgan fingerprint density at radius 1 is 0.810 bits per heavy atom. The van der Waals surface area contributed by atoms with Gasteiger partial charge in [0.15, 0.2) is 0 Å². The summed E-state index contributed by atoms with van der Waals surface area (Å²) >= 11 is 0. The average Bonchev–Trinajstić information content (AvgIpc) is 2.37. The molecule has 0 aliphatic rings. The molecular formula is C12H16F8O. The molecule has 0 saturated heterocycles. The molecule has 0 spiro atoms. The summed E-state index contributed by atoms with van der Waals surface area (Å²) in [6, 6.07) is 0. The lowest BCUT2D eigenvalue weighted by atomic mass is 9.95. The van der Waals surface area contributed by atoms with Crippen LogP contribution >= 0.6 is 0 Å². The van der Waals surface area contributed by atoms with Gasteiger partial charge in [-0.15, -0.1) is 0 Å². The van der Waals surface area contributed by atoms with Gasteiger partial charge in [-0.25, -0.2) is 0 Å². The van der Waals surface area contributed by atoms with Crippen molar-refractivity contribution in [3.05, 3.63) is 12.2 Å². The first-order chi connectivity index (χ1) is 9.37. The van der Waals surface area contributed by atoms with Gasteiger partial charge in [-0.05, 0) is 26.2 Å². The topological polar surface area (TPSA) is 20.2 Å². The van der Waals surface area contributed by atoms with Crippen molar-refractivity contribution in [1.29, 1.82) is 0 Å². The van der Waals surface area contributed by atoms with E-state index in [9.17, 15) is 35.1 Å². The van der Waals surface area contributed by atoms with Gasteiger partial charge in [-0.1, -0.05) is 12.2 Å². The molecule has 0 fully saturated rings. The van der Waals surface area contributed by atoms with Crippen molar-refractivity contribution in [3.63, 3.8) is 0 Å². The number of halogens is 8. The lowest BCUT2D eigenvalue weighted by Crippen LogP contribution is -2.63. The summed E-state index contributed by atoms with van der Waals surface area (Å²) in [5, 5.41) is 8.02. The van der Waals surface area contributed by atoms with Crippen molar-refractivity contribution >= 4 is 0 Å². The van der Waals surface area contributed by atoms with E-state index in [1.807, 2.05) is 0 Å². The Labute approximate surface area is 116 Å². The quantitative estimate of drug-likeness (QED) is 0.371. The van der Waals surface area contributed by atoms with Gasteiger partial charge in [-0.2, -0.15) is 35.1 Å². The van der Waals surface area contributed by atoms with Gasteiger partial charge in [0.05, 0.1) is 0 Å². The molecule has 9 heteroatoms. The van der Waals surface area contributed by atoms with Gasteiger partial charge in [0.1, 0.15) is 6.61 Å². The van der Waals surface area contributed by atoms with Crippen LogP contribution in [0.4, 0.5) is 35.1 Å². The Hall–Kier alpha value is -0.860. The van der Waals surface area contributed by atoms with E-state index in [0.29, 0.717) is 0 Å². The Morgan fingerprint density at radius 3 is 1.71 bits per heavy atom. The third kappa shape index (κ3) is 4.08. The minimum atomic E-state index is -6.36. The van der Waals surface area contributed by atoms with Crippen molar-refractivity contribution in [2.24, 2.45) is 0 Å². The fourth-order valence-electron chi connectivity index (χ4n) is 1.49. The maximum absolute atomic E-state index is 13.2. The van der Waals surface area contributed by atoms with Gasteiger partial charge < -0.3 is 5.11 Å². The van der Waals surface area contributed by atoms with Gasteiger partial charge in [0, 0.05) is 6.42 Å². The van der Waals surface area contributed by atoms with Gasteiger partial charge in [0.2, 0.25) is 0 Å². The minimum absolute atomic E-state index is 0.0258. The molecule has 126 valence electrons. The fourth-order valence-corrected chi connectivity index (χ4v) is 1.49. The van der Waals surface area contributed by atoms with Crippen LogP contribution in [-0.2, 0) is 0 Å². The van der Waals surface area contributed by atoms with E-state index in [1.165, 1.54) is 0 Å². The van der Waals surface area contributed by atoms with Crippen molar-refractivity contribution in [1.82, 2.24) is 0 Å². The Kier molecular flexibility index (Phi) is 6.65. The van der Waals surface area contributed by atoms with Crippen molar-refractivity contribution in [2.45, 2.75) is 56.3 Å². The van der Waals surface area contributed by atoms with E-state index in [2.05, 4.69) is 0 Å². The first-order valence-electron chi connectivity index (χ1n) is 6.10. The average molecular weight is 328 g/mol. The molecule has 0 unspecified atom stereocenters. The highest BCUT2D eigenvalue weighted by atomic mass is 19.4. The second-order valence-electron chi connectivity index (χ2n) is 4.53. The van der Waals surface area contributed by atoms with E-state index >= 15 is 0 Å². The molecule has 0 bridgehead atoms. The van der Waals surface area contributed by atoms with E-state index in [4.69, 9.17) is 5.11 Å². The number of rotatable bonds is 9. The van der Waals surface area contributed by atoms with Crippen molar-refractivity contribution in [2.75, 3.05) is 6.61 Å². The van der Waals surface area contributed by atoms with Crippen LogP contribution in [0.15, 0.2) is 12.2 Å². The van der Waals surface area contributed by atoms with Gasteiger partial charge >= 0.3 is 23.7 Å². The molecule has 1 N–H and O–H groups in total. The number of aliphatic hydroxyl groups is 1. The Bertz CT molecular complexity index is 351. The normalized spacial score (nSPS) is 15.0. The third-order valence-corrected chi connectivity index (χ3v) is 2.86. The van der Waals surface area contributed by atoms with E-state index in [-0.39, 0.29) is 12.8 Å². The Balaban J connectivity index is 5.01. The monoisotopic (exact) mass is 328 g/mol. The van der Waals surface area contributed by atoms with Crippen LogP contribution in [0.2, 0.25) is 0 Å². The van der Waals surface area contributed by atoms with Crippen LogP contribution in [0.5, 0.6) is 0 Å². The molecule has 1 nitrogen and oxygen atoms in total. The van der Waals surface area contributed by atoms with Crippen LogP contribution in [0.1, 0.15) is 32.6 Å². The number of allylic oxidation sites excluding steroid dienone is 2. The summed E-state index contributed by atoms with van der Waals surface area (Å²) in [6.07, 6.45) is 1.26. The standard InChI is InChI=1S/C12H16F8O/c1-2-3-4-5-6-7-9(13,14)11(17,18)12(19,20)10(15,16)8-21/h2-3,21H,4-8H2,1H3/b3-2+. The second kappa shape index (κ2) is 6.93. The van der Waals surface area contributed by atoms with Gasteiger partial charge in [0.25, 0.3) is 0 Å². The van der Waals surface area contributed by atoms with E-state index in [1.54, 1.807) is 19.1 Å². The smallest absolute Gasteiger partial charge is 0.380 e. The summed E-state index contributed by atoms with van der Waals surface area (Å²) in [5.74, 6) is -23.6. The maximum atomic E-state index is 13.2. The Morgan fingerprint density at radius 2 is 1.29 bits per heavy atom. The molecule has 0 aromatic rings. The largest absolute Gasteiger partial charge is 0.390 e. The van der Waals surface area contributed by atoms with Crippen molar-refractivity contribution < 1.29 is 40.2 Å². The van der Waals surface area contributed by atoms with Crippen LogP contribution in [0.25, 0.3) is 0 Å². The maximum Gasteiger partial charge on any atom is 0.380 e. The van der Waals surface area contributed by atoms with E-state index in [0.717, 1.165) is 0 Å².